The maximum Gasteiger partial charge on any atom is 0.274 e. The normalized spacial score (nSPS) is 12.8. The second kappa shape index (κ2) is 12.7. The second-order valence-corrected chi connectivity index (χ2v) is 9.64. The molecule has 1 aromatic heterocycles. The third kappa shape index (κ3) is 9.26. The number of nitro groups is 1. The van der Waals surface area contributed by atoms with Crippen molar-refractivity contribution in [3.05, 3.63) is 79.2 Å². The predicted molar refractivity (Wildman–Crippen MR) is 125 cm³/mol. The Morgan fingerprint density at radius 3 is 2.71 bits per heavy atom. The molecule has 31 heavy (non-hydrogen) atoms. The molecule has 170 valence electrons. The number of thioether (sulfide) groups is 1. The number of nitrogens with zero attached hydrogens (tertiary/aromatic N) is 2. The first-order valence-corrected chi connectivity index (χ1v) is 11.8. The molecule has 0 radical (unpaired) electrons. The highest BCUT2D eigenvalue weighted by molar-refractivity contribution is 7.98. The van der Waals surface area contributed by atoms with Gasteiger partial charge in [0, 0.05) is 40.9 Å². The molecule has 1 heterocycles. The Balaban J connectivity index is 1.76. The van der Waals surface area contributed by atoms with Crippen LogP contribution in [0, 0.1) is 22.9 Å². The van der Waals surface area contributed by atoms with Crippen molar-refractivity contribution in [3.8, 4) is 0 Å². The molecule has 0 amide bonds. The molecule has 1 atom stereocenters. The number of rotatable bonds is 13. The van der Waals surface area contributed by atoms with E-state index in [1.54, 1.807) is 11.8 Å². The number of hydrogen-bond acceptors (Lipinski definition) is 8. The molecule has 0 bridgehead atoms. The van der Waals surface area contributed by atoms with Crippen LogP contribution in [-0.4, -0.2) is 47.9 Å². The standard InChI is InChI=1S/C21H29FN4O3S2/c1-15-10-18(31-20(15)12-25(2)3)14-30-9-8-23-21(13-26(28)29)24-11-19(27)16-4-6-17(22)7-5-16/h4-7,10,13,19,23-24,27H,8-9,11-12,14H2,1-3H3/b21-13-. The third-order valence-electron chi connectivity index (χ3n) is 4.31. The van der Waals surface area contributed by atoms with Crippen LogP contribution in [0.15, 0.2) is 42.4 Å². The van der Waals surface area contributed by atoms with E-state index in [9.17, 15) is 19.6 Å². The topological polar surface area (TPSA) is 90.7 Å². The van der Waals surface area contributed by atoms with E-state index in [4.69, 9.17) is 0 Å². The molecule has 0 aliphatic rings. The second-order valence-electron chi connectivity index (χ2n) is 7.31. The third-order valence-corrected chi connectivity index (χ3v) is 6.73. The number of hydrogen-bond donors (Lipinski definition) is 3. The molecular formula is C21H29FN4O3S2. The molecule has 1 aromatic carbocycles. The van der Waals surface area contributed by atoms with Crippen LogP contribution in [0.25, 0.3) is 0 Å². The molecule has 10 heteroatoms. The number of benzene rings is 1. The Bertz CT molecular complexity index is 872. The van der Waals surface area contributed by atoms with Gasteiger partial charge >= 0.3 is 0 Å². The quantitative estimate of drug-likeness (QED) is 0.236. The lowest BCUT2D eigenvalue weighted by Crippen LogP contribution is -2.31. The maximum atomic E-state index is 13.0. The highest BCUT2D eigenvalue weighted by Gasteiger charge is 2.10. The van der Waals surface area contributed by atoms with Crippen LogP contribution >= 0.6 is 23.1 Å². The average molecular weight is 469 g/mol. The van der Waals surface area contributed by atoms with Crippen molar-refractivity contribution in [2.75, 3.05) is 32.9 Å². The van der Waals surface area contributed by atoms with Gasteiger partial charge in [0.25, 0.3) is 6.20 Å². The summed E-state index contributed by atoms with van der Waals surface area (Å²) in [4.78, 5) is 15.2. The smallest absolute Gasteiger partial charge is 0.274 e. The van der Waals surface area contributed by atoms with E-state index in [1.165, 1.54) is 39.6 Å². The SMILES string of the molecule is Cc1cc(CSCCN/C(=C/[N+](=O)[O-])NCC(O)c2ccc(F)cc2)sc1CN(C)C. The summed E-state index contributed by atoms with van der Waals surface area (Å²) < 4.78 is 13.0. The summed E-state index contributed by atoms with van der Waals surface area (Å²) in [7, 11) is 4.12. The van der Waals surface area contributed by atoms with Crippen molar-refractivity contribution >= 4 is 23.1 Å². The summed E-state index contributed by atoms with van der Waals surface area (Å²) in [6.45, 7) is 3.67. The molecule has 1 unspecified atom stereocenters. The highest BCUT2D eigenvalue weighted by atomic mass is 32.2. The maximum absolute atomic E-state index is 13.0. The molecule has 0 aliphatic carbocycles. The molecular weight excluding hydrogens is 439 g/mol. The molecule has 0 saturated heterocycles. The molecule has 7 nitrogen and oxygen atoms in total. The fraction of sp³-hybridized carbons (Fsp3) is 0.429. The fourth-order valence-corrected chi connectivity index (χ4v) is 5.06. The van der Waals surface area contributed by atoms with Crippen molar-refractivity contribution in [1.82, 2.24) is 15.5 Å². The van der Waals surface area contributed by atoms with Gasteiger partial charge in [-0.3, -0.25) is 10.1 Å². The van der Waals surface area contributed by atoms with Gasteiger partial charge in [-0.25, -0.2) is 4.39 Å². The minimum Gasteiger partial charge on any atom is -0.387 e. The van der Waals surface area contributed by atoms with Gasteiger partial charge < -0.3 is 20.6 Å². The first kappa shape index (κ1) is 25.1. The molecule has 0 spiro atoms. The number of halogens is 1. The summed E-state index contributed by atoms with van der Waals surface area (Å²) >= 11 is 3.58. The average Bonchev–Trinajstić information content (AvgIpc) is 3.04. The van der Waals surface area contributed by atoms with Gasteiger partial charge in [0.2, 0.25) is 0 Å². The van der Waals surface area contributed by atoms with Crippen molar-refractivity contribution in [2.45, 2.75) is 25.3 Å². The number of aliphatic hydroxyl groups is 1. The monoisotopic (exact) mass is 468 g/mol. The Kier molecular flexibility index (Phi) is 10.3. The van der Waals surface area contributed by atoms with Crippen molar-refractivity contribution in [2.24, 2.45) is 0 Å². The Morgan fingerprint density at radius 1 is 1.35 bits per heavy atom. The van der Waals surface area contributed by atoms with E-state index in [-0.39, 0.29) is 18.2 Å². The highest BCUT2D eigenvalue weighted by Crippen LogP contribution is 2.26. The van der Waals surface area contributed by atoms with Crippen LogP contribution in [-0.2, 0) is 12.3 Å². The predicted octanol–water partition coefficient (Wildman–Crippen LogP) is 3.48. The van der Waals surface area contributed by atoms with E-state index < -0.39 is 11.0 Å². The van der Waals surface area contributed by atoms with Crippen molar-refractivity contribution < 1.29 is 14.4 Å². The first-order valence-electron chi connectivity index (χ1n) is 9.82. The van der Waals surface area contributed by atoms with Crippen molar-refractivity contribution in [1.29, 1.82) is 0 Å². The zero-order valence-corrected chi connectivity index (χ0v) is 19.6. The molecule has 0 aliphatic heterocycles. The fourth-order valence-electron chi connectivity index (χ4n) is 2.80. The van der Waals surface area contributed by atoms with Crippen LogP contribution in [0.2, 0.25) is 0 Å². The Labute approximate surface area is 190 Å². The van der Waals surface area contributed by atoms with Gasteiger partial charge in [-0.1, -0.05) is 12.1 Å². The number of thiophene rings is 1. The minimum absolute atomic E-state index is 0.0641. The summed E-state index contributed by atoms with van der Waals surface area (Å²) in [5, 5.41) is 26.9. The lowest BCUT2D eigenvalue weighted by atomic mass is 10.1. The minimum atomic E-state index is -0.912. The lowest BCUT2D eigenvalue weighted by molar-refractivity contribution is -0.404. The molecule has 0 fully saturated rings. The van der Waals surface area contributed by atoms with Crippen LogP contribution in [0.5, 0.6) is 0 Å². The number of aliphatic hydroxyl groups excluding tert-OH is 1. The molecule has 0 saturated carbocycles. The van der Waals surface area contributed by atoms with E-state index in [1.807, 2.05) is 11.3 Å². The van der Waals surface area contributed by atoms with E-state index in [2.05, 4.69) is 42.6 Å². The van der Waals surface area contributed by atoms with Gasteiger partial charge in [-0.05, 0) is 50.3 Å². The van der Waals surface area contributed by atoms with Crippen LogP contribution < -0.4 is 10.6 Å². The Hall–Kier alpha value is -2.14. The Morgan fingerprint density at radius 2 is 2.06 bits per heavy atom. The van der Waals surface area contributed by atoms with Gasteiger partial charge in [0.15, 0.2) is 5.82 Å². The van der Waals surface area contributed by atoms with Gasteiger partial charge in [0.05, 0.1) is 11.0 Å². The first-order chi connectivity index (χ1) is 14.7. The zero-order chi connectivity index (χ0) is 22.8. The summed E-state index contributed by atoms with van der Waals surface area (Å²) in [5.74, 6) is 1.51. The van der Waals surface area contributed by atoms with E-state index in [0.29, 0.717) is 12.1 Å². The molecule has 3 N–H and O–H groups in total. The molecule has 2 rings (SSSR count). The summed E-state index contributed by atoms with van der Waals surface area (Å²) in [6.07, 6.45) is -0.0663. The zero-order valence-electron chi connectivity index (χ0n) is 17.9. The van der Waals surface area contributed by atoms with Crippen LogP contribution in [0.4, 0.5) is 4.39 Å². The summed E-state index contributed by atoms with van der Waals surface area (Å²) in [6, 6.07) is 7.72. The number of nitrogens with one attached hydrogen (secondary N) is 2. The summed E-state index contributed by atoms with van der Waals surface area (Å²) in [5.41, 5.74) is 1.84. The van der Waals surface area contributed by atoms with E-state index >= 15 is 0 Å². The van der Waals surface area contributed by atoms with Crippen LogP contribution in [0.3, 0.4) is 0 Å². The number of aryl methyl sites for hydroxylation is 1. The van der Waals surface area contributed by atoms with Crippen molar-refractivity contribution in [3.63, 3.8) is 0 Å². The van der Waals surface area contributed by atoms with Gasteiger partial charge in [0.1, 0.15) is 5.82 Å². The van der Waals surface area contributed by atoms with Crippen LogP contribution in [0.1, 0.15) is 27.0 Å². The molecule has 2 aromatic rings. The lowest BCUT2D eigenvalue weighted by Gasteiger charge is -2.15. The largest absolute Gasteiger partial charge is 0.387 e. The van der Waals surface area contributed by atoms with Gasteiger partial charge in [-0.2, -0.15) is 11.8 Å². The van der Waals surface area contributed by atoms with Gasteiger partial charge in [-0.15, -0.1) is 11.3 Å². The van der Waals surface area contributed by atoms with E-state index in [0.717, 1.165) is 24.3 Å².